The maximum atomic E-state index is 9.60. The Morgan fingerprint density at radius 1 is 1.22 bits per heavy atom. The predicted octanol–water partition coefficient (Wildman–Crippen LogP) is 3.31. The lowest BCUT2D eigenvalue weighted by molar-refractivity contribution is 0.0949. The molecule has 0 aliphatic rings. The van der Waals surface area contributed by atoms with Crippen molar-refractivity contribution < 1.29 is 14.6 Å². The van der Waals surface area contributed by atoms with Crippen molar-refractivity contribution in [1.29, 1.82) is 0 Å². The number of rotatable bonds is 7. The second kappa shape index (κ2) is 7.39. The molecular formula is C15H24O3. The molecule has 0 fully saturated rings. The van der Waals surface area contributed by atoms with E-state index >= 15 is 0 Å². The Kier molecular flexibility index (Phi) is 6.16. The molecule has 3 nitrogen and oxygen atoms in total. The van der Waals surface area contributed by atoms with E-state index in [2.05, 4.69) is 13.8 Å². The SMILES string of the molecule is CCOc1ccc(C(C)O)cc1COCC(C)C. The fraction of sp³-hybridized carbons (Fsp3) is 0.600. The van der Waals surface area contributed by atoms with Gasteiger partial charge in [-0.05, 0) is 37.5 Å². The zero-order valence-electron chi connectivity index (χ0n) is 11.8. The van der Waals surface area contributed by atoms with E-state index < -0.39 is 6.10 Å². The first-order chi connectivity index (χ1) is 8.54. The Bertz CT molecular complexity index is 359. The molecule has 3 heteroatoms. The van der Waals surface area contributed by atoms with Crippen LogP contribution in [0.1, 0.15) is 44.9 Å². The highest BCUT2D eigenvalue weighted by Gasteiger charge is 2.08. The summed E-state index contributed by atoms with van der Waals surface area (Å²) in [5.41, 5.74) is 1.89. The summed E-state index contributed by atoms with van der Waals surface area (Å²) >= 11 is 0. The molecule has 1 rings (SSSR count). The number of hydrogen-bond acceptors (Lipinski definition) is 3. The smallest absolute Gasteiger partial charge is 0.124 e. The third kappa shape index (κ3) is 4.67. The van der Waals surface area contributed by atoms with Crippen LogP contribution in [0.3, 0.4) is 0 Å². The molecule has 0 saturated heterocycles. The predicted molar refractivity (Wildman–Crippen MR) is 72.7 cm³/mol. The second-order valence-corrected chi connectivity index (χ2v) is 4.89. The largest absolute Gasteiger partial charge is 0.494 e. The number of aliphatic hydroxyl groups excluding tert-OH is 1. The van der Waals surface area contributed by atoms with Crippen LogP contribution < -0.4 is 4.74 Å². The van der Waals surface area contributed by atoms with Crippen molar-refractivity contribution in [3.05, 3.63) is 29.3 Å². The molecule has 0 spiro atoms. The quantitative estimate of drug-likeness (QED) is 0.809. The van der Waals surface area contributed by atoms with Gasteiger partial charge in [-0.15, -0.1) is 0 Å². The number of benzene rings is 1. The van der Waals surface area contributed by atoms with E-state index in [9.17, 15) is 5.11 Å². The van der Waals surface area contributed by atoms with Gasteiger partial charge in [0.25, 0.3) is 0 Å². The van der Waals surface area contributed by atoms with Gasteiger partial charge in [0.15, 0.2) is 0 Å². The molecule has 0 heterocycles. The number of aliphatic hydroxyl groups is 1. The van der Waals surface area contributed by atoms with Gasteiger partial charge in [0.05, 0.1) is 19.3 Å². The lowest BCUT2D eigenvalue weighted by Gasteiger charge is -2.14. The normalized spacial score (nSPS) is 12.8. The molecule has 0 aromatic heterocycles. The molecule has 1 aromatic carbocycles. The van der Waals surface area contributed by atoms with Crippen molar-refractivity contribution in [2.24, 2.45) is 5.92 Å². The average Bonchev–Trinajstić information content (AvgIpc) is 2.30. The summed E-state index contributed by atoms with van der Waals surface area (Å²) in [5.74, 6) is 1.35. The summed E-state index contributed by atoms with van der Waals surface area (Å²) in [5, 5.41) is 9.60. The van der Waals surface area contributed by atoms with Crippen molar-refractivity contribution in [3.8, 4) is 5.75 Å². The van der Waals surface area contributed by atoms with Gasteiger partial charge in [-0.1, -0.05) is 19.9 Å². The molecule has 1 N–H and O–H groups in total. The lowest BCUT2D eigenvalue weighted by atomic mass is 10.1. The van der Waals surface area contributed by atoms with Crippen LogP contribution in [0.25, 0.3) is 0 Å². The van der Waals surface area contributed by atoms with Gasteiger partial charge in [0, 0.05) is 12.2 Å². The minimum atomic E-state index is -0.468. The highest BCUT2D eigenvalue weighted by Crippen LogP contribution is 2.24. The Balaban J connectivity index is 2.79. The van der Waals surface area contributed by atoms with Gasteiger partial charge >= 0.3 is 0 Å². The van der Waals surface area contributed by atoms with Crippen LogP contribution >= 0.6 is 0 Å². The van der Waals surface area contributed by atoms with Gasteiger partial charge in [0.2, 0.25) is 0 Å². The van der Waals surface area contributed by atoms with Crippen LogP contribution in [0.15, 0.2) is 18.2 Å². The van der Waals surface area contributed by atoms with Gasteiger partial charge in [-0.3, -0.25) is 0 Å². The van der Waals surface area contributed by atoms with Gasteiger partial charge in [0.1, 0.15) is 5.75 Å². The first-order valence-electron chi connectivity index (χ1n) is 6.56. The average molecular weight is 252 g/mol. The third-order valence-electron chi connectivity index (χ3n) is 2.58. The Morgan fingerprint density at radius 3 is 2.50 bits per heavy atom. The summed E-state index contributed by atoms with van der Waals surface area (Å²) in [6.07, 6.45) is -0.468. The van der Waals surface area contributed by atoms with E-state index in [1.807, 2.05) is 25.1 Å². The van der Waals surface area contributed by atoms with Crippen LogP contribution in [0.2, 0.25) is 0 Å². The molecule has 0 aliphatic heterocycles. The first-order valence-corrected chi connectivity index (χ1v) is 6.56. The van der Waals surface area contributed by atoms with Gasteiger partial charge in [-0.2, -0.15) is 0 Å². The molecule has 1 aromatic rings. The fourth-order valence-electron chi connectivity index (χ4n) is 1.67. The van der Waals surface area contributed by atoms with E-state index in [4.69, 9.17) is 9.47 Å². The molecule has 0 bridgehead atoms. The molecular weight excluding hydrogens is 228 g/mol. The summed E-state index contributed by atoms with van der Waals surface area (Å²) in [7, 11) is 0. The molecule has 0 amide bonds. The van der Waals surface area contributed by atoms with Gasteiger partial charge in [-0.25, -0.2) is 0 Å². The molecule has 0 aliphatic carbocycles. The highest BCUT2D eigenvalue weighted by atomic mass is 16.5. The molecule has 1 unspecified atom stereocenters. The van der Waals surface area contributed by atoms with Gasteiger partial charge < -0.3 is 14.6 Å². The van der Waals surface area contributed by atoms with E-state index in [-0.39, 0.29) is 0 Å². The van der Waals surface area contributed by atoms with Crippen LogP contribution in [0.5, 0.6) is 5.75 Å². The van der Waals surface area contributed by atoms with Crippen molar-refractivity contribution in [1.82, 2.24) is 0 Å². The van der Waals surface area contributed by atoms with E-state index in [1.54, 1.807) is 6.92 Å². The first kappa shape index (κ1) is 15.0. The minimum absolute atomic E-state index is 0.468. The van der Waals surface area contributed by atoms with E-state index in [0.717, 1.165) is 23.5 Å². The minimum Gasteiger partial charge on any atom is -0.494 e. The number of hydrogen-bond donors (Lipinski definition) is 1. The number of ether oxygens (including phenoxy) is 2. The molecule has 0 radical (unpaired) electrons. The molecule has 0 saturated carbocycles. The molecule has 18 heavy (non-hydrogen) atoms. The van der Waals surface area contributed by atoms with Crippen LogP contribution in [0.4, 0.5) is 0 Å². The Morgan fingerprint density at radius 2 is 1.94 bits per heavy atom. The summed E-state index contributed by atoms with van der Waals surface area (Å²) in [4.78, 5) is 0. The zero-order valence-corrected chi connectivity index (χ0v) is 11.8. The summed E-state index contributed by atoms with van der Waals surface area (Å²) in [6, 6.07) is 5.75. The topological polar surface area (TPSA) is 38.7 Å². The second-order valence-electron chi connectivity index (χ2n) is 4.89. The van der Waals surface area contributed by atoms with Crippen molar-refractivity contribution in [2.45, 2.75) is 40.4 Å². The molecule has 1 atom stereocenters. The highest BCUT2D eigenvalue weighted by molar-refractivity contribution is 5.37. The maximum Gasteiger partial charge on any atom is 0.124 e. The van der Waals surface area contributed by atoms with Crippen LogP contribution in [-0.4, -0.2) is 18.3 Å². The molecule has 102 valence electrons. The third-order valence-corrected chi connectivity index (χ3v) is 2.58. The van der Waals surface area contributed by atoms with E-state index in [0.29, 0.717) is 19.1 Å². The zero-order chi connectivity index (χ0) is 13.5. The van der Waals surface area contributed by atoms with Crippen molar-refractivity contribution in [3.63, 3.8) is 0 Å². The Labute approximate surface area is 110 Å². The summed E-state index contributed by atoms with van der Waals surface area (Å²) < 4.78 is 11.2. The monoisotopic (exact) mass is 252 g/mol. The van der Waals surface area contributed by atoms with Crippen molar-refractivity contribution >= 4 is 0 Å². The van der Waals surface area contributed by atoms with E-state index in [1.165, 1.54) is 0 Å². The maximum absolute atomic E-state index is 9.60. The summed E-state index contributed by atoms with van der Waals surface area (Å²) in [6.45, 7) is 9.84. The van der Waals surface area contributed by atoms with Crippen molar-refractivity contribution in [2.75, 3.05) is 13.2 Å². The van der Waals surface area contributed by atoms with Crippen LogP contribution in [0, 0.1) is 5.92 Å². The Hall–Kier alpha value is -1.06. The fourth-order valence-corrected chi connectivity index (χ4v) is 1.67. The standard InChI is InChI=1S/C15H24O3/c1-5-18-15-7-6-13(12(4)16)8-14(15)10-17-9-11(2)3/h6-8,11-12,16H,5,9-10H2,1-4H3. The van der Waals surface area contributed by atoms with Crippen LogP contribution in [-0.2, 0) is 11.3 Å². The lowest BCUT2D eigenvalue weighted by Crippen LogP contribution is -2.05.